The van der Waals surface area contributed by atoms with Gasteiger partial charge in [0.25, 0.3) is 0 Å². The first-order valence-electron chi connectivity index (χ1n) is 7.64. The van der Waals surface area contributed by atoms with Gasteiger partial charge >= 0.3 is 0 Å². The lowest BCUT2D eigenvalue weighted by Gasteiger charge is -2.21. The average Bonchev–Trinajstić information content (AvgIpc) is 3.35. The fourth-order valence-electron chi connectivity index (χ4n) is 2.63. The summed E-state index contributed by atoms with van der Waals surface area (Å²) >= 11 is 0. The van der Waals surface area contributed by atoms with E-state index in [9.17, 15) is 4.79 Å². The standard InChI is InChI=1S/C17H23NO2/c1-20-16-4-2-3-15(9-16)17(19)12-18(10-13-5-6-13)11-14-7-8-14/h2-4,9,13-14H,5-8,10-12H2,1H3. The quantitative estimate of drug-likeness (QED) is 0.682. The molecule has 0 amide bonds. The molecule has 2 aliphatic carbocycles. The molecule has 108 valence electrons. The van der Waals surface area contributed by atoms with E-state index in [1.54, 1.807) is 7.11 Å². The minimum absolute atomic E-state index is 0.213. The van der Waals surface area contributed by atoms with Crippen LogP contribution in [0.3, 0.4) is 0 Å². The Kier molecular flexibility index (Phi) is 4.06. The molecule has 3 heteroatoms. The predicted octanol–water partition coefficient (Wildman–Crippen LogP) is 3.00. The first kappa shape index (κ1) is 13.6. The molecule has 1 aromatic carbocycles. The van der Waals surface area contributed by atoms with Gasteiger partial charge < -0.3 is 4.74 Å². The molecule has 2 aliphatic rings. The van der Waals surface area contributed by atoms with E-state index in [0.717, 1.165) is 36.2 Å². The highest BCUT2D eigenvalue weighted by Crippen LogP contribution is 2.33. The Bertz CT molecular complexity index is 464. The molecular formula is C17H23NO2. The number of hydrogen-bond acceptors (Lipinski definition) is 3. The molecule has 1 aromatic rings. The third-order valence-electron chi connectivity index (χ3n) is 4.19. The molecule has 0 radical (unpaired) electrons. The molecule has 0 aromatic heterocycles. The molecule has 0 unspecified atom stereocenters. The van der Waals surface area contributed by atoms with Crippen LogP contribution in [0.5, 0.6) is 5.75 Å². The number of carbonyl (C=O) groups excluding carboxylic acids is 1. The van der Waals surface area contributed by atoms with Gasteiger partial charge in [-0.05, 0) is 49.7 Å². The van der Waals surface area contributed by atoms with Crippen LogP contribution in [0.15, 0.2) is 24.3 Å². The lowest BCUT2D eigenvalue weighted by molar-refractivity contribution is 0.0923. The van der Waals surface area contributed by atoms with Crippen LogP contribution in [0.4, 0.5) is 0 Å². The van der Waals surface area contributed by atoms with E-state index in [1.807, 2.05) is 24.3 Å². The van der Waals surface area contributed by atoms with Crippen molar-refractivity contribution in [3.8, 4) is 5.75 Å². The monoisotopic (exact) mass is 273 g/mol. The van der Waals surface area contributed by atoms with E-state index >= 15 is 0 Å². The minimum Gasteiger partial charge on any atom is -0.497 e. The third-order valence-corrected chi connectivity index (χ3v) is 4.19. The van der Waals surface area contributed by atoms with E-state index in [1.165, 1.54) is 25.7 Å². The van der Waals surface area contributed by atoms with Crippen LogP contribution in [0.1, 0.15) is 36.0 Å². The Hall–Kier alpha value is -1.35. The van der Waals surface area contributed by atoms with Crippen LogP contribution >= 0.6 is 0 Å². The van der Waals surface area contributed by atoms with Gasteiger partial charge in [-0.25, -0.2) is 0 Å². The molecule has 0 spiro atoms. The smallest absolute Gasteiger partial charge is 0.176 e. The fraction of sp³-hybridized carbons (Fsp3) is 0.588. The summed E-state index contributed by atoms with van der Waals surface area (Å²) < 4.78 is 5.19. The maximum absolute atomic E-state index is 12.4. The van der Waals surface area contributed by atoms with Crippen molar-refractivity contribution in [2.45, 2.75) is 25.7 Å². The van der Waals surface area contributed by atoms with Crippen LogP contribution in [0.25, 0.3) is 0 Å². The second kappa shape index (κ2) is 5.96. The molecule has 0 saturated heterocycles. The zero-order valence-electron chi connectivity index (χ0n) is 12.2. The average molecular weight is 273 g/mol. The summed E-state index contributed by atoms with van der Waals surface area (Å²) in [4.78, 5) is 14.8. The van der Waals surface area contributed by atoms with Gasteiger partial charge in [-0.1, -0.05) is 12.1 Å². The molecule has 0 N–H and O–H groups in total. The second-order valence-electron chi connectivity index (χ2n) is 6.24. The summed E-state index contributed by atoms with van der Waals surface area (Å²) in [5.74, 6) is 2.65. The van der Waals surface area contributed by atoms with E-state index in [-0.39, 0.29) is 5.78 Å². The molecule has 2 fully saturated rings. The molecule has 20 heavy (non-hydrogen) atoms. The van der Waals surface area contributed by atoms with E-state index < -0.39 is 0 Å². The summed E-state index contributed by atoms with van der Waals surface area (Å²) in [5.41, 5.74) is 0.765. The van der Waals surface area contributed by atoms with Crippen LogP contribution in [0, 0.1) is 11.8 Å². The number of ether oxygens (including phenoxy) is 1. The number of hydrogen-bond donors (Lipinski definition) is 0. The highest BCUT2D eigenvalue weighted by Gasteiger charge is 2.30. The lowest BCUT2D eigenvalue weighted by atomic mass is 10.1. The van der Waals surface area contributed by atoms with Gasteiger partial charge in [0.05, 0.1) is 13.7 Å². The highest BCUT2D eigenvalue weighted by atomic mass is 16.5. The Balaban J connectivity index is 1.61. The number of ketones is 1. The molecule has 3 rings (SSSR count). The number of carbonyl (C=O) groups is 1. The van der Waals surface area contributed by atoms with Crippen molar-refractivity contribution >= 4 is 5.78 Å². The summed E-state index contributed by atoms with van der Waals surface area (Å²) in [6.45, 7) is 2.76. The largest absolute Gasteiger partial charge is 0.497 e. The molecule has 2 saturated carbocycles. The van der Waals surface area contributed by atoms with Crippen molar-refractivity contribution in [3.05, 3.63) is 29.8 Å². The zero-order chi connectivity index (χ0) is 13.9. The summed E-state index contributed by atoms with van der Waals surface area (Å²) in [7, 11) is 1.64. The van der Waals surface area contributed by atoms with Gasteiger partial charge in [0.2, 0.25) is 0 Å². The van der Waals surface area contributed by atoms with E-state index in [0.29, 0.717) is 6.54 Å². The third kappa shape index (κ3) is 3.83. The summed E-state index contributed by atoms with van der Waals surface area (Å²) in [5, 5.41) is 0. The van der Waals surface area contributed by atoms with Gasteiger partial charge in [-0.3, -0.25) is 9.69 Å². The Morgan fingerprint density at radius 1 is 1.20 bits per heavy atom. The van der Waals surface area contributed by atoms with E-state index in [4.69, 9.17) is 4.74 Å². The number of methoxy groups -OCH3 is 1. The molecule has 0 bridgehead atoms. The summed E-state index contributed by atoms with van der Waals surface area (Å²) in [6.07, 6.45) is 5.37. The molecule has 0 aliphatic heterocycles. The normalized spacial score (nSPS) is 18.3. The highest BCUT2D eigenvalue weighted by molar-refractivity contribution is 5.97. The number of Topliss-reactive ketones (excluding diaryl/α,β-unsaturated/α-hetero) is 1. The molecule has 0 heterocycles. The van der Waals surface area contributed by atoms with Gasteiger partial charge in [-0.15, -0.1) is 0 Å². The van der Waals surface area contributed by atoms with Crippen LogP contribution in [-0.4, -0.2) is 37.4 Å². The van der Waals surface area contributed by atoms with Crippen molar-refractivity contribution in [3.63, 3.8) is 0 Å². The van der Waals surface area contributed by atoms with Gasteiger partial charge in [0.15, 0.2) is 5.78 Å². The topological polar surface area (TPSA) is 29.5 Å². The lowest BCUT2D eigenvalue weighted by Crippen LogP contribution is -2.33. The number of nitrogens with zero attached hydrogens (tertiary/aromatic N) is 1. The van der Waals surface area contributed by atoms with E-state index in [2.05, 4.69) is 4.90 Å². The molecule has 0 atom stereocenters. The zero-order valence-corrected chi connectivity index (χ0v) is 12.2. The van der Waals surface area contributed by atoms with Crippen LogP contribution in [-0.2, 0) is 0 Å². The minimum atomic E-state index is 0.213. The number of benzene rings is 1. The Labute approximate surface area is 120 Å². The SMILES string of the molecule is COc1cccc(C(=O)CN(CC2CC2)CC2CC2)c1. The van der Waals surface area contributed by atoms with Gasteiger partial charge in [0, 0.05) is 18.7 Å². The van der Waals surface area contributed by atoms with Crippen LogP contribution < -0.4 is 4.74 Å². The van der Waals surface area contributed by atoms with Crippen molar-refractivity contribution in [2.24, 2.45) is 11.8 Å². The number of rotatable bonds is 8. The van der Waals surface area contributed by atoms with Crippen LogP contribution in [0.2, 0.25) is 0 Å². The first-order chi connectivity index (χ1) is 9.74. The maximum Gasteiger partial charge on any atom is 0.176 e. The van der Waals surface area contributed by atoms with Crippen molar-refractivity contribution < 1.29 is 9.53 Å². The summed E-state index contributed by atoms with van der Waals surface area (Å²) in [6, 6.07) is 7.49. The van der Waals surface area contributed by atoms with Crippen molar-refractivity contribution in [2.75, 3.05) is 26.7 Å². The Morgan fingerprint density at radius 3 is 2.40 bits per heavy atom. The fourth-order valence-corrected chi connectivity index (χ4v) is 2.63. The Morgan fingerprint density at radius 2 is 1.85 bits per heavy atom. The van der Waals surface area contributed by atoms with Gasteiger partial charge in [-0.2, -0.15) is 0 Å². The predicted molar refractivity (Wildman–Crippen MR) is 79.2 cm³/mol. The first-order valence-corrected chi connectivity index (χ1v) is 7.64. The molecule has 3 nitrogen and oxygen atoms in total. The van der Waals surface area contributed by atoms with Crippen molar-refractivity contribution in [1.82, 2.24) is 4.90 Å². The maximum atomic E-state index is 12.4. The second-order valence-corrected chi connectivity index (χ2v) is 6.24. The van der Waals surface area contributed by atoms with Gasteiger partial charge in [0.1, 0.15) is 5.75 Å². The van der Waals surface area contributed by atoms with Crippen molar-refractivity contribution in [1.29, 1.82) is 0 Å². The molecular weight excluding hydrogens is 250 g/mol.